The SMILES string of the molecule is CC.Cc1ccccc1NC(=S)Nc1cccc(S(N)(=O)=O)c1. The Morgan fingerprint density at radius 1 is 1.04 bits per heavy atom. The summed E-state index contributed by atoms with van der Waals surface area (Å²) in [7, 11) is -3.73. The van der Waals surface area contributed by atoms with Crippen molar-refractivity contribution in [3.8, 4) is 0 Å². The van der Waals surface area contributed by atoms with E-state index in [0.29, 0.717) is 10.8 Å². The fourth-order valence-corrected chi connectivity index (χ4v) is 2.54. The van der Waals surface area contributed by atoms with Gasteiger partial charge in [0.1, 0.15) is 0 Å². The molecule has 0 bridgehead atoms. The fraction of sp³-hybridized carbons (Fsp3) is 0.188. The van der Waals surface area contributed by atoms with Gasteiger partial charge in [0.15, 0.2) is 5.11 Å². The summed E-state index contributed by atoms with van der Waals surface area (Å²) in [6.45, 7) is 5.96. The summed E-state index contributed by atoms with van der Waals surface area (Å²) in [4.78, 5) is 0.0335. The first-order valence-corrected chi connectivity index (χ1v) is 9.08. The molecule has 0 unspecified atom stereocenters. The average molecular weight is 351 g/mol. The molecule has 2 aromatic rings. The molecule has 0 aliphatic heterocycles. The van der Waals surface area contributed by atoms with Crippen LogP contribution in [0.4, 0.5) is 11.4 Å². The smallest absolute Gasteiger partial charge is 0.238 e. The number of anilines is 2. The Morgan fingerprint density at radius 3 is 2.30 bits per heavy atom. The number of primary sulfonamides is 1. The van der Waals surface area contributed by atoms with Crippen molar-refractivity contribution in [1.29, 1.82) is 0 Å². The van der Waals surface area contributed by atoms with E-state index in [4.69, 9.17) is 17.4 Å². The molecule has 0 aliphatic rings. The Morgan fingerprint density at radius 2 is 1.70 bits per heavy atom. The van der Waals surface area contributed by atoms with Crippen LogP contribution in [0.2, 0.25) is 0 Å². The maximum Gasteiger partial charge on any atom is 0.238 e. The zero-order chi connectivity index (χ0) is 17.5. The van der Waals surface area contributed by atoms with E-state index in [9.17, 15) is 8.42 Å². The number of hydrogen-bond donors (Lipinski definition) is 3. The van der Waals surface area contributed by atoms with Crippen LogP contribution >= 0.6 is 12.2 Å². The molecule has 0 atom stereocenters. The maximum atomic E-state index is 11.3. The van der Waals surface area contributed by atoms with E-state index in [-0.39, 0.29) is 4.90 Å². The van der Waals surface area contributed by atoms with Gasteiger partial charge in [0.25, 0.3) is 0 Å². The van der Waals surface area contributed by atoms with Crippen LogP contribution in [0.25, 0.3) is 0 Å². The second-order valence-corrected chi connectivity index (χ2v) is 6.44. The zero-order valence-electron chi connectivity index (χ0n) is 13.3. The second kappa shape index (κ2) is 8.61. The lowest BCUT2D eigenvalue weighted by Gasteiger charge is -2.12. The highest BCUT2D eigenvalue weighted by Crippen LogP contribution is 2.16. The molecule has 0 aromatic heterocycles. The molecule has 0 saturated heterocycles. The van der Waals surface area contributed by atoms with Crippen molar-refractivity contribution < 1.29 is 8.42 Å². The van der Waals surface area contributed by atoms with Crippen molar-refractivity contribution >= 4 is 38.7 Å². The van der Waals surface area contributed by atoms with Crippen LogP contribution in [0.3, 0.4) is 0 Å². The van der Waals surface area contributed by atoms with Gasteiger partial charge in [-0.25, -0.2) is 13.6 Å². The number of aryl methyl sites for hydroxylation is 1. The van der Waals surface area contributed by atoms with Crippen molar-refractivity contribution in [2.45, 2.75) is 25.7 Å². The van der Waals surface area contributed by atoms with Crippen molar-refractivity contribution in [2.75, 3.05) is 10.6 Å². The Balaban J connectivity index is 0.00000127. The molecule has 0 saturated carbocycles. The number of nitrogens with one attached hydrogen (secondary N) is 2. The summed E-state index contributed by atoms with van der Waals surface area (Å²) < 4.78 is 22.6. The van der Waals surface area contributed by atoms with Crippen molar-refractivity contribution in [3.05, 3.63) is 54.1 Å². The fourth-order valence-electron chi connectivity index (χ4n) is 1.75. The van der Waals surface area contributed by atoms with Crippen LogP contribution in [0.5, 0.6) is 0 Å². The van der Waals surface area contributed by atoms with Gasteiger partial charge < -0.3 is 10.6 Å². The molecule has 0 fully saturated rings. The molecule has 0 amide bonds. The molecule has 124 valence electrons. The molecule has 2 aromatic carbocycles. The van der Waals surface area contributed by atoms with Gasteiger partial charge in [-0.15, -0.1) is 0 Å². The number of thiocarbonyl (C=S) groups is 1. The molecule has 2 rings (SSSR count). The van der Waals surface area contributed by atoms with E-state index in [1.54, 1.807) is 12.1 Å². The third-order valence-corrected chi connectivity index (χ3v) is 3.93. The normalized spacial score (nSPS) is 10.3. The first-order valence-electron chi connectivity index (χ1n) is 7.13. The van der Waals surface area contributed by atoms with Gasteiger partial charge in [-0.3, -0.25) is 0 Å². The highest BCUT2D eigenvalue weighted by molar-refractivity contribution is 7.89. The van der Waals surface area contributed by atoms with E-state index in [1.165, 1.54) is 12.1 Å². The first-order chi connectivity index (χ1) is 10.9. The van der Waals surface area contributed by atoms with E-state index >= 15 is 0 Å². The van der Waals surface area contributed by atoms with E-state index in [2.05, 4.69) is 10.6 Å². The molecule has 23 heavy (non-hydrogen) atoms. The van der Waals surface area contributed by atoms with Gasteiger partial charge in [-0.1, -0.05) is 38.1 Å². The zero-order valence-corrected chi connectivity index (χ0v) is 15.0. The lowest BCUT2D eigenvalue weighted by molar-refractivity contribution is 0.598. The topological polar surface area (TPSA) is 84.2 Å². The number of rotatable bonds is 3. The van der Waals surface area contributed by atoms with E-state index in [1.807, 2.05) is 45.0 Å². The molecule has 0 aliphatic carbocycles. The molecular formula is C16H21N3O2S2. The Kier molecular flexibility index (Phi) is 7.15. The van der Waals surface area contributed by atoms with Crippen LogP contribution in [0, 0.1) is 6.92 Å². The molecule has 0 spiro atoms. The number of nitrogens with two attached hydrogens (primary N) is 1. The third-order valence-electron chi connectivity index (χ3n) is 2.81. The number of benzene rings is 2. The highest BCUT2D eigenvalue weighted by Gasteiger charge is 2.08. The first kappa shape index (κ1) is 19.1. The summed E-state index contributed by atoms with van der Waals surface area (Å²) in [5, 5.41) is 11.5. The molecule has 0 heterocycles. The van der Waals surface area contributed by atoms with Crippen LogP contribution in [-0.4, -0.2) is 13.5 Å². The van der Waals surface area contributed by atoms with Crippen LogP contribution < -0.4 is 15.8 Å². The molecule has 0 radical (unpaired) electrons. The van der Waals surface area contributed by atoms with Crippen molar-refractivity contribution in [2.24, 2.45) is 5.14 Å². The summed E-state index contributed by atoms with van der Waals surface area (Å²) in [5.41, 5.74) is 2.49. The Bertz CT molecular complexity index is 774. The molecular weight excluding hydrogens is 330 g/mol. The van der Waals surface area contributed by atoms with Gasteiger partial charge in [-0.05, 0) is 49.0 Å². The predicted molar refractivity (Wildman–Crippen MR) is 100 cm³/mol. The minimum Gasteiger partial charge on any atom is -0.332 e. The van der Waals surface area contributed by atoms with E-state index in [0.717, 1.165) is 11.3 Å². The summed E-state index contributed by atoms with van der Waals surface area (Å²) in [5.74, 6) is 0. The molecule has 4 N–H and O–H groups in total. The quantitative estimate of drug-likeness (QED) is 0.737. The maximum absolute atomic E-state index is 11.3. The van der Waals surface area contributed by atoms with Gasteiger partial charge >= 0.3 is 0 Å². The monoisotopic (exact) mass is 351 g/mol. The standard InChI is InChI=1S/C14H15N3O2S2.C2H6/c1-10-5-2-3-8-13(10)17-14(20)16-11-6-4-7-12(9-11)21(15,18)19;1-2/h2-9H,1H3,(H2,15,18,19)(H2,16,17,20);1-2H3. The number of hydrogen-bond acceptors (Lipinski definition) is 3. The highest BCUT2D eigenvalue weighted by atomic mass is 32.2. The summed E-state index contributed by atoms with van der Waals surface area (Å²) in [6.07, 6.45) is 0. The minimum absolute atomic E-state index is 0.0335. The molecule has 5 nitrogen and oxygen atoms in total. The lowest BCUT2D eigenvalue weighted by atomic mass is 10.2. The van der Waals surface area contributed by atoms with Gasteiger partial charge in [0.2, 0.25) is 10.0 Å². The molecule has 7 heteroatoms. The van der Waals surface area contributed by atoms with Crippen molar-refractivity contribution in [3.63, 3.8) is 0 Å². The second-order valence-electron chi connectivity index (χ2n) is 4.47. The van der Waals surface area contributed by atoms with Crippen molar-refractivity contribution in [1.82, 2.24) is 0 Å². The summed E-state index contributed by atoms with van der Waals surface area (Å²) in [6, 6.07) is 13.9. The lowest BCUT2D eigenvalue weighted by Crippen LogP contribution is -2.20. The van der Waals surface area contributed by atoms with Gasteiger partial charge in [0, 0.05) is 11.4 Å². The minimum atomic E-state index is -3.73. The van der Waals surface area contributed by atoms with Gasteiger partial charge in [-0.2, -0.15) is 0 Å². The Hall–Kier alpha value is -1.96. The van der Waals surface area contributed by atoms with Crippen LogP contribution in [-0.2, 0) is 10.0 Å². The average Bonchev–Trinajstić information content (AvgIpc) is 2.51. The van der Waals surface area contributed by atoms with Gasteiger partial charge in [0.05, 0.1) is 4.90 Å². The van der Waals surface area contributed by atoms with Crippen LogP contribution in [0.15, 0.2) is 53.4 Å². The van der Waals surface area contributed by atoms with Crippen LogP contribution in [0.1, 0.15) is 19.4 Å². The number of sulfonamides is 1. The third kappa shape index (κ3) is 5.97. The largest absolute Gasteiger partial charge is 0.332 e. The van der Waals surface area contributed by atoms with E-state index < -0.39 is 10.0 Å². The Labute approximate surface area is 143 Å². The number of para-hydroxylation sites is 1. The predicted octanol–water partition coefficient (Wildman–Crippen LogP) is 3.48. The summed E-state index contributed by atoms with van der Waals surface area (Å²) >= 11 is 5.21.